The SMILES string of the molecule is CC(C)OC(=O)N1CCN(C(=O)n2cc(-c3ccc(OC(F)(F)F)cc3)nn2)C(Cc2ccccc2)C1. The van der Waals surface area contributed by atoms with Crippen molar-refractivity contribution in [2.24, 2.45) is 0 Å². The number of hydrogen-bond acceptors (Lipinski definition) is 6. The van der Waals surface area contributed by atoms with E-state index < -0.39 is 18.5 Å². The number of aromatic nitrogens is 3. The molecule has 1 atom stereocenters. The highest BCUT2D eigenvalue weighted by Gasteiger charge is 2.35. The molecule has 2 heterocycles. The molecule has 1 aromatic heterocycles. The molecule has 196 valence electrons. The van der Waals surface area contributed by atoms with Gasteiger partial charge in [-0.3, -0.25) is 0 Å². The lowest BCUT2D eigenvalue weighted by Gasteiger charge is -2.40. The van der Waals surface area contributed by atoms with Crippen molar-refractivity contribution in [1.29, 1.82) is 0 Å². The second kappa shape index (κ2) is 10.9. The summed E-state index contributed by atoms with van der Waals surface area (Å²) in [6.07, 6.45) is -3.55. The largest absolute Gasteiger partial charge is 0.573 e. The number of hydrogen-bond donors (Lipinski definition) is 0. The van der Waals surface area contributed by atoms with Crippen LogP contribution in [-0.4, -0.2) is 75.1 Å². The zero-order valence-corrected chi connectivity index (χ0v) is 20.3. The van der Waals surface area contributed by atoms with Crippen LogP contribution >= 0.6 is 0 Å². The maximum atomic E-state index is 13.4. The minimum atomic E-state index is -4.79. The van der Waals surface area contributed by atoms with Crippen LogP contribution in [0.3, 0.4) is 0 Å². The van der Waals surface area contributed by atoms with Gasteiger partial charge in [0.2, 0.25) is 0 Å². The molecule has 1 aliphatic heterocycles. The van der Waals surface area contributed by atoms with Crippen LogP contribution in [0.25, 0.3) is 11.3 Å². The molecule has 1 fully saturated rings. The molecule has 0 saturated carbocycles. The fourth-order valence-corrected chi connectivity index (χ4v) is 4.06. The predicted octanol–water partition coefficient (Wildman–Crippen LogP) is 4.59. The van der Waals surface area contributed by atoms with Crippen LogP contribution in [0.2, 0.25) is 0 Å². The molecule has 0 bridgehead atoms. The molecule has 12 heteroatoms. The number of halogens is 3. The molecule has 2 aromatic carbocycles. The average molecular weight is 518 g/mol. The van der Waals surface area contributed by atoms with Gasteiger partial charge in [0.05, 0.1) is 18.3 Å². The first-order chi connectivity index (χ1) is 17.6. The zero-order valence-electron chi connectivity index (χ0n) is 20.3. The molecular formula is C25H26F3N5O4. The Hall–Kier alpha value is -4.09. The van der Waals surface area contributed by atoms with Crippen molar-refractivity contribution in [1.82, 2.24) is 24.8 Å². The molecule has 0 aliphatic carbocycles. The molecular weight excluding hydrogens is 491 g/mol. The summed E-state index contributed by atoms with van der Waals surface area (Å²) in [6.45, 7) is 4.40. The average Bonchev–Trinajstić information content (AvgIpc) is 3.34. The summed E-state index contributed by atoms with van der Waals surface area (Å²) in [5, 5.41) is 7.95. The Morgan fingerprint density at radius 3 is 2.41 bits per heavy atom. The highest BCUT2D eigenvalue weighted by molar-refractivity contribution is 5.78. The molecule has 1 saturated heterocycles. The summed E-state index contributed by atoms with van der Waals surface area (Å²) in [7, 11) is 0. The predicted molar refractivity (Wildman–Crippen MR) is 127 cm³/mol. The Kier molecular flexibility index (Phi) is 7.65. The van der Waals surface area contributed by atoms with Crippen molar-refractivity contribution in [3.63, 3.8) is 0 Å². The molecule has 1 aliphatic rings. The fourth-order valence-electron chi connectivity index (χ4n) is 4.06. The van der Waals surface area contributed by atoms with Crippen LogP contribution in [0, 0.1) is 0 Å². The topological polar surface area (TPSA) is 89.8 Å². The van der Waals surface area contributed by atoms with Crippen LogP contribution in [0.15, 0.2) is 60.8 Å². The molecule has 1 unspecified atom stereocenters. The fraction of sp³-hybridized carbons (Fsp3) is 0.360. The number of ether oxygens (including phenoxy) is 2. The lowest BCUT2D eigenvalue weighted by molar-refractivity contribution is -0.274. The monoisotopic (exact) mass is 517 g/mol. The Morgan fingerprint density at radius 1 is 1.05 bits per heavy atom. The molecule has 37 heavy (non-hydrogen) atoms. The van der Waals surface area contributed by atoms with Crippen molar-refractivity contribution >= 4 is 12.1 Å². The number of carbonyl (C=O) groups excluding carboxylic acids is 2. The van der Waals surface area contributed by atoms with Crippen LogP contribution in [-0.2, 0) is 11.2 Å². The molecule has 2 amide bonds. The van der Waals surface area contributed by atoms with Gasteiger partial charge in [-0.1, -0.05) is 35.5 Å². The van der Waals surface area contributed by atoms with Gasteiger partial charge < -0.3 is 19.3 Å². The Morgan fingerprint density at radius 2 is 1.76 bits per heavy atom. The Balaban J connectivity index is 1.51. The highest BCUT2D eigenvalue weighted by Crippen LogP contribution is 2.26. The lowest BCUT2D eigenvalue weighted by atomic mass is 10.0. The smallest absolute Gasteiger partial charge is 0.447 e. The summed E-state index contributed by atoms with van der Waals surface area (Å²) < 4.78 is 47.5. The van der Waals surface area contributed by atoms with Gasteiger partial charge in [0, 0.05) is 25.2 Å². The number of piperazine rings is 1. The van der Waals surface area contributed by atoms with E-state index in [4.69, 9.17) is 4.74 Å². The molecule has 0 radical (unpaired) electrons. The quantitative estimate of drug-likeness (QED) is 0.492. The van der Waals surface area contributed by atoms with E-state index in [-0.39, 0.29) is 31.0 Å². The van der Waals surface area contributed by atoms with E-state index >= 15 is 0 Å². The summed E-state index contributed by atoms with van der Waals surface area (Å²) in [5.74, 6) is -0.364. The molecule has 4 rings (SSSR count). The third kappa shape index (κ3) is 6.78. The van der Waals surface area contributed by atoms with Gasteiger partial charge in [0.15, 0.2) is 0 Å². The maximum absolute atomic E-state index is 13.4. The standard InChI is InChI=1S/C25H26F3N5O4/c1-17(2)36-24(35)31-12-13-32(20(15-31)14-18-6-4-3-5-7-18)23(34)33-16-22(29-30-33)19-8-10-21(11-9-19)37-25(26,27)28/h3-11,16-17,20H,12-15H2,1-2H3. The van der Waals surface area contributed by atoms with Crippen molar-refractivity contribution in [2.75, 3.05) is 19.6 Å². The highest BCUT2D eigenvalue weighted by atomic mass is 19.4. The third-order valence-electron chi connectivity index (χ3n) is 5.71. The van der Waals surface area contributed by atoms with Crippen LogP contribution < -0.4 is 4.74 Å². The van der Waals surface area contributed by atoms with Crippen LogP contribution in [0.4, 0.5) is 22.8 Å². The van der Waals surface area contributed by atoms with E-state index in [0.29, 0.717) is 24.2 Å². The van der Waals surface area contributed by atoms with E-state index in [0.717, 1.165) is 22.4 Å². The number of benzene rings is 2. The second-order valence-corrected chi connectivity index (χ2v) is 8.82. The first kappa shape index (κ1) is 26.0. The first-order valence-electron chi connectivity index (χ1n) is 11.7. The Labute approximate surface area is 211 Å². The molecule has 0 spiro atoms. The van der Waals surface area contributed by atoms with Crippen molar-refractivity contribution in [3.8, 4) is 17.0 Å². The van der Waals surface area contributed by atoms with Crippen LogP contribution in [0.1, 0.15) is 19.4 Å². The van der Waals surface area contributed by atoms with Gasteiger partial charge in [-0.05, 0) is 50.1 Å². The van der Waals surface area contributed by atoms with Crippen molar-refractivity contribution in [2.45, 2.75) is 38.8 Å². The van der Waals surface area contributed by atoms with E-state index in [9.17, 15) is 22.8 Å². The molecule has 9 nitrogen and oxygen atoms in total. The molecule has 3 aromatic rings. The summed E-state index contributed by atoms with van der Waals surface area (Å²) in [6, 6.07) is 14.0. The van der Waals surface area contributed by atoms with Gasteiger partial charge >= 0.3 is 18.5 Å². The van der Waals surface area contributed by atoms with E-state index in [1.54, 1.807) is 23.6 Å². The van der Waals surface area contributed by atoms with Crippen molar-refractivity contribution < 1.29 is 32.2 Å². The maximum Gasteiger partial charge on any atom is 0.573 e. The number of alkyl halides is 3. The van der Waals surface area contributed by atoms with Gasteiger partial charge in [-0.25, -0.2) is 9.59 Å². The van der Waals surface area contributed by atoms with Gasteiger partial charge in [-0.2, -0.15) is 4.68 Å². The summed E-state index contributed by atoms with van der Waals surface area (Å²) in [5.41, 5.74) is 1.78. The first-order valence-corrected chi connectivity index (χ1v) is 11.7. The lowest BCUT2D eigenvalue weighted by Crippen LogP contribution is -2.58. The van der Waals surface area contributed by atoms with Gasteiger partial charge in [0.25, 0.3) is 0 Å². The normalized spacial score (nSPS) is 16.1. The van der Waals surface area contributed by atoms with E-state index in [1.807, 2.05) is 30.3 Å². The van der Waals surface area contributed by atoms with Crippen LogP contribution in [0.5, 0.6) is 5.75 Å². The minimum Gasteiger partial charge on any atom is -0.447 e. The summed E-state index contributed by atoms with van der Waals surface area (Å²) in [4.78, 5) is 29.2. The number of carbonyl (C=O) groups is 2. The van der Waals surface area contributed by atoms with E-state index in [1.165, 1.54) is 18.3 Å². The molecule has 0 N–H and O–H groups in total. The number of rotatable bonds is 5. The second-order valence-electron chi connectivity index (χ2n) is 8.82. The third-order valence-corrected chi connectivity index (χ3v) is 5.71. The van der Waals surface area contributed by atoms with Gasteiger partial charge in [0.1, 0.15) is 11.4 Å². The minimum absolute atomic E-state index is 0.262. The number of nitrogens with zero attached hydrogens (tertiary/aromatic N) is 5. The van der Waals surface area contributed by atoms with Gasteiger partial charge in [-0.15, -0.1) is 18.3 Å². The Bertz CT molecular complexity index is 1220. The number of amides is 2. The summed E-state index contributed by atoms with van der Waals surface area (Å²) >= 11 is 0. The van der Waals surface area contributed by atoms with E-state index in [2.05, 4.69) is 15.0 Å². The van der Waals surface area contributed by atoms with Crippen molar-refractivity contribution in [3.05, 3.63) is 66.4 Å². The zero-order chi connectivity index (χ0) is 26.6.